The quantitative estimate of drug-likeness (QED) is 0.280. The van der Waals surface area contributed by atoms with E-state index in [1.54, 1.807) is 12.2 Å². The first-order chi connectivity index (χ1) is 3.41. The Labute approximate surface area is 45.4 Å². The zero-order valence-corrected chi connectivity index (χ0v) is 4.59. The van der Waals surface area contributed by atoms with E-state index < -0.39 is 0 Å². The molecule has 1 radical (unpaired) electrons. The molecule has 2 heteroatoms. The average Bonchev–Trinajstić information content (AvgIpc) is 1.69. The molecule has 0 amide bonds. The van der Waals surface area contributed by atoms with Gasteiger partial charge < -0.3 is 4.99 Å². The number of nitrogens with zero attached hydrogens (tertiary/aromatic N) is 1. The zero-order chi connectivity index (χ0) is 5.54. The Hall–Kier alpha value is -0.525. The normalized spacial score (nSPS) is 9.29. The van der Waals surface area contributed by atoms with Crippen LogP contribution in [0, 0.1) is 0 Å². The van der Waals surface area contributed by atoms with Gasteiger partial charge in [-0.2, -0.15) is 0 Å². The predicted octanol–water partition coefficient (Wildman–Crippen LogP) is 0.953. The molecule has 0 aromatic heterocycles. The summed E-state index contributed by atoms with van der Waals surface area (Å²) in [6, 6.07) is 0. The van der Waals surface area contributed by atoms with Crippen LogP contribution in [-0.4, -0.2) is 19.9 Å². The minimum absolute atomic E-state index is 0.727. The number of rotatable bonds is 3. The van der Waals surface area contributed by atoms with Crippen molar-refractivity contribution in [1.29, 1.82) is 0 Å². The van der Waals surface area contributed by atoms with Gasteiger partial charge in [0.05, 0.1) is 6.54 Å². The van der Waals surface area contributed by atoms with E-state index in [1.165, 1.54) is 0 Å². The van der Waals surface area contributed by atoms with E-state index in [1.807, 2.05) is 14.1 Å². The van der Waals surface area contributed by atoms with Gasteiger partial charge in [-0.25, -0.2) is 0 Å². The van der Waals surface area contributed by atoms with Crippen molar-refractivity contribution in [3.8, 4) is 0 Å². The highest BCUT2D eigenvalue weighted by atomic mass is 14.7. The van der Waals surface area contributed by atoms with Crippen molar-refractivity contribution in [2.24, 2.45) is 4.99 Å². The fourth-order valence-electron chi connectivity index (χ4n) is 0.241. The van der Waals surface area contributed by atoms with Gasteiger partial charge in [-0.15, -0.1) is 6.58 Å². The number of aliphatic imine (C=N–C) groups is 1. The highest BCUT2D eigenvalue weighted by molar-refractivity contribution is 6.66. The van der Waals surface area contributed by atoms with Gasteiger partial charge in [0.1, 0.15) is 0 Å². The molecule has 0 saturated heterocycles. The second-order valence-electron chi connectivity index (χ2n) is 1.14. The van der Waals surface area contributed by atoms with Crippen LogP contribution in [0.3, 0.4) is 0 Å². The van der Waals surface area contributed by atoms with Crippen molar-refractivity contribution in [2.45, 2.75) is 6.82 Å². The molecule has 0 aromatic rings. The van der Waals surface area contributed by atoms with Crippen LogP contribution >= 0.6 is 0 Å². The summed E-state index contributed by atoms with van der Waals surface area (Å²) >= 11 is 0. The lowest BCUT2D eigenvalue weighted by atomic mass is 9.85. The van der Waals surface area contributed by atoms with Gasteiger partial charge in [0.2, 0.25) is 0 Å². The number of hydrogen-bond donors (Lipinski definition) is 0. The third-order valence-corrected chi connectivity index (χ3v) is 0.489. The molecule has 0 N–H and O–H groups in total. The van der Waals surface area contributed by atoms with Gasteiger partial charge in [0, 0.05) is 0 Å². The third kappa shape index (κ3) is 5.47. The minimum atomic E-state index is 0.727. The zero-order valence-electron chi connectivity index (χ0n) is 4.59. The van der Waals surface area contributed by atoms with Crippen LogP contribution in [0.2, 0.25) is 6.82 Å². The molecule has 0 aliphatic carbocycles. The van der Waals surface area contributed by atoms with Crippen molar-refractivity contribution in [2.75, 3.05) is 6.54 Å². The molecule has 0 unspecified atom stereocenters. The van der Waals surface area contributed by atoms with E-state index in [-0.39, 0.29) is 0 Å². The van der Waals surface area contributed by atoms with Crippen LogP contribution < -0.4 is 0 Å². The number of hydrogen-bond acceptors (Lipinski definition) is 1. The molecule has 0 spiro atoms. The van der Waals surface area contributed by atoms with E-state index in [9.17, 15) is 0 Å². The summed E-state index contributed by atoms with van der Waals surface area (Å²) < 4.78 is 0. The molecule has 0 fully saturated rings. The van der Waals surface area contributed by atoms with Crippen molar-refractivity contribution in [1.82, 2.24) is 0 Å². The smallest absolute Gasteiger partial charge is 0.163 e. The Bertz CT molecular complexity index is 68.5. The Balaban J connectivity index is 2.92. The fourth-order valence-corrected chi connectivity index (χ4v) is 0.241. The standard InChI is InChI=1S/C5H9BN/c1-3-4-7-5-6-2/h3,5H,1,4H2,2H3. The van der Waals surface area contributed by atoms with Crippen LogP contribution in [0.5, 0.6) is 0 Å². The van der Waals surface area contributed by atoms with Crippen LogP contribution in [0.4, 0.5) is 0 Å². The van der Waals surface area contributed by atoms with Gasteiger partial charge in [-0.1, -0.05) is 12.9 Å². The molecule has 0 rings (SSSR count). The topological polar surface area (TPSA) is 12.4 Å². The predicted molar refractivity (Wildman–Crippen MR) is 35.2 cm³/mol. The summed E-state index contributed by atoms with van der Waals surface area (Å²) in [5, 5.41) is 0. The maximum Gasteiger partial charge on any atom is 0.163 e. The van der Waals surface area contributed by atoms with Crippen LogP contribution in [0.15, 0.2) is 17.6 Å². The van der Waals surface area contributed by atoms with Crippen molar-refractivity contribution < 1.29 is 0 Å². The molecular formula is C5H9BN. The molecule has 1 nitrogen and oxygen atoms in total. The molecule has 0 aliphatic heterocycles. The van der Waals surface area contributed by atoms with Gasteiger partial charge in [-0.05, 0) is 6.11 Å². The van der Waals surface area contributed by atoms with Crippen LogP contribution in [0.1, 0.15) is 0 Å². The lowest BCUT2D eigenvalue weighted by molar-refractivity contribution is 1.27. The Morgan fingerprint density at radius 1 is 1.86 bits per heavy atom. The highest BCUT2D eigenvalue weighted by Gasteiger charge is 1.65. The summed E-state index contributed by atoms with van der Waals surface area (Å²) in [5.41, 5.74) is 0. The summed E-state index contributed by atoms with van der Waals surface area (Å²) in [4.78, 5) is 3.91. The van der Waals surface area contributed by atoms with Crippen molar-refractivity contribution in [3.63, 3.8) is 0 Å². The van der Waals surface area contributed by atoms with Gasteiger partial charge in [-0.3, -0.25) is 0 Å². The Kier molecular flexibility index (Phi) is 5.06. The molecule has 0 saturated carbocycles. The van der Waals surface area contributed by atoms with Gasteiger partial charge in [0.15, 0.2) is 7.28 Å². The third-order valence-electron chi connectivity index (χ3n) is 0.489. The summed E-state index contributed by atoms with van der Waals surface area (Å²) in [7, 11) is 1.89. The molecule has 0 bridgehead atoms. The van der Waals surface area contributed by atoms with Gasteiger partial charge in [0.25, 0.3) is 0 Å². The maximum atomic E-state index is 3.91. The SMILES string of the molecule is C=CCN=C[B]C. The summed E-state index contributed by atoms with van der Waals surface area (Å²) in [5.74, 6) is 0. The molecule has 37 valence electrons. The van der Waals surface area contributed by atoms with Crippen molar-refractivity contribution >= 4 is 13.4 Å². The molecule has 0 heterocycles. The molecular weight excluding hydrogens is 84.9 g/mol. The largest absolute Gasteiger partial charge is 0.304 e. The fraction of sp³-hybridized carbons (Fsp3) is 0.400. The summed E-state index contributed by atoms with van der Waals surface area (Å²) in [6.45, 7) is 6.17. The maximum absolute atomic E-state index is 3.91. The first-order valence-corrected chi connectivity index (χ1v) is 2.30. The van der Waals surface area contributed by atoms with E-state index in [4.69, 9.17) is 0 Å². The average molecular weight is 93.9 g/mol. The minimum Gasteiger partial charge on any atom is -0.304 e. The highest BCUT2D eigenvalue weighted by Crippen LogP contribution is 1.64. The van der Waals surface area contributed by atoms with Crippen molar-refractivity contribution in [3.05, 3.63) is 12.7 Å². The second kappa shape index (κ2) is 5.47. The second-order valence-corrected chi connectivity index (χ2v) is 1.14. The first kappa shape index (κ1) is 6.47. The Morgan fingerprint density at radius 3 is 3.00 bits per heavy atom. The Morgan fingerprint density at radius 2 is 2.57 bits per heavy atom. The molecule has 7 heavy (non-hydrogen) atoms. The first-order valence-electron chi connectivity index (χ1n) is 2.30. The van der Waals surface area contributed by atoms with E-state index in [0.29, 0.717) is 0 Å². The van der Waals surface area contributed by atoms with E-state index in [0.717, 1.165) is 6.54 Å². The molecule has 0 atom stereocenters. The van der Waals surface area contributed by atoms with E-state index >= 15 is 0 Å². The van der Waals surface area contributed by atoms with E-state index in [2.05, 4.69) is 11.6 Å². The lowest BCUT2D eigenvalue weighted by Crippen LogP contribution is -1.82. The van der Waals surface area contributed by atoms with Gasteiger partial charge >= 0.3 is 0 Å². The lowest BCUT2D eigenvalue weighted by Gasteiger charge is -1.75. The van der Waals surface area contributed by atoms with Crippen LogP contribution in [0.25, 0.3) is 0 Å². The summed E-state index contributed by atoms with van der Waals surface area (Å²) in [6.07, 6.45) is 3.53. The van der Waals surface area contributed by atoms with Crippen LogP contribution in [-0.2, 0) is 0 Å². The molecule has 0 aliphatic rings. The monoisotopic (exact) mass is 94.1 g/mol. The molecule has 0 aromatic carbocycles.